The Balaban J connectivity index is 1.15. The summed E-state index contributed by atoms with van der Waals surface area (Å²) in [4.78, 5) is 2.45. The quantitative estimate of drug-likeness (QED) is 0.127. The van der Waals surface area contributed by atoms with Crippen molar-refractivity contribution in [1.29, 1.82) is 0 Å². The zero-order valence-electron chi connectivity index (χ0n) is 32.9. The van der Waals surface area contributed by atoms with Crippen LogP contribution < -0.4 is 25.2 Å². The minimum absolute atomic E-state index is 0.614. The second kappa shape index (κ2) is 13.8. The molecule has 1 spiro atoms. The maximum Gasteiger partial charge on any atom is 0.133 e. The largest absolute Gasteiger partial charge is 0.457 e. The van der Waals surface area contributed by atoms with Crippen molar-refractivity contribution >= 4 is 63.0 Å². The van der Waals surface area contributed by atoms with Crippen LogP contribution in [0.1, 0.15) is 22.3 Å². The number of ether oxygens (including phenoxy) is 1. The number of anilines is 3. The molecule has 282 valence electrons. The summed E-state index contributed by atoms with van der Waals surface area (Å²) < 4.78 is 6.78. The molecule has 2 nitrogen and oxygen atoms in total. The zero-order chi connectivity index (χ0) is 39.6. The van der Waals surface area contributed by atoms with Crippen molar-refractivity contribution in [2.45, 2.75) is 5.41 Å². The van der Waals surface area contributed by atoms with Crippen LogP contribution >= 0.6 is 0 Å². The van der Waals surface area contributed by atoms with E-state index in [1.54, 1.807) is 0 Å². The fourth-order valence-corrected chi connectivity index (χ4v) is 13.7. The molecule has 2 aliphatic rings. The topological polar surface area (TPSA) is 12.5 Å². The third kappa shape index (κ3) is 5.26. The molecule has 0 amide bonds. The van der Waals surface area contributed by atoms with Crippen LogP contribution in [-0.4, -0.2) is 8.80 Å². The molecule has 0 saturated carbocycles. The highest BCUT2D eigenvalue weighted by Crippen LogP contribution is 2.56. The lowest BCUT2D eigenvalue weighted by atomic mass is 9.63. The molecule has 0 bridgehead atoms. The van der Waals surface area contributed by atoms with Gasteiger partial charge in [0.15, 0.2) is 0 Å². The van der Waals surface area contributed by atoms with E-state index in [9.17, 15) is 0 Å². The molecule has 1 atom stereocenters. The molecule has 2 heterocycles. The summed E-state index contributed by atoms with van der Waals surface area (Å²) >= 11 is 0. The molecule has 3 heteroatoms. The van der Waals surface area contributed by atoms with Crippen molar-refractivity contribution < 1.29 is 4.74 Å². The van der Waals surface area contributed by atoms with Gasteiger partial charge in [-0.05, 0) is 103 Å². The lowest BCUT2D eigenvalue weighted by Crippen LogP contribution is -2.62. The van der Waals surface area contributed by atoms with Crippen molar-refractivity contribution in [2.24, 2.45) is 0 Å². The fraction of sp³-hybridized carbons (Fsp3) is 0.0175. The molecule has 12 rings (SSSR count). The number of benzene rings is 10. The van der Waals surface area contributed by atoms with Crippen molar-refractivity contribution in [3.8, 4) is 22.6 Å². The number of nitrogens with zero attached hydrogens (tertiary/aromatic N) is 1. The highest BCUT2D eigenvalue weighted by atomic mass is 28.3. The van der Waals surface area contributed by atoms with Gasteiger partial charge >= 0.3 is 0 Å². The van der Waals surface area contributed by atoms with Gasteiger partial charge in [-0.3, -0.25) is 0 Å². The molecule has 0 radical (unpaired) electrons. The minimum atomic E-state index is -1.96. The van der Waals surface area contributed by atoms with Gasteiger partial charge in [-0.15, -0.1) is 0 Å². The van der Waals surface area contributed by atoms with Gasteiger partial charge in [-0.1, -0.05) is 187 Å². The number of fused-ring (bicyclic) bond motifs is 11. The lowest BCUT2D eigenvalue weighted by Gasteiger charge is -2.47. The Morgan fingerprint density at radius 2 is 0.883 bits per heavy atom. The molecule has 0 aromatic heterocycles. The van der Waals surface area contributed by atoms with Gasteiger partial charge in [0.1, 0.15) is 20.3 Å². The molecular weight excluding hydrogens is 743 g/mol. The number of hydrogen-bond donors (Lipinski definition) is 0. The Hall–Kier alpha value is -7.46. The van der Waals surface area contributed by atoms with E-state index in [-0.39, 0.29) is 0 Å². The SMILES string of the molecule is c1ccc(-c2ccc(N(c3ccc4c(c3)C3(c5ccccc5Oc5ccccc53)c3ccccc3[SiH]4c3ccccc3)c3ccc4c(ccc5ccccc54)c3)cc2)cc1. The highest BCUT2D eigenvalue weighted by molar-refractivity contribution is 6.96. The van der Waals surface area contributed by atoms with E-state index in [4.69, 9.17) is 4.74 Å². The normalized spacial score (nSPS) is 14.4. The van der Waals surface area contributed by atoms with Gasteiger partial charge in [0.25, 0.3) is 0 Å². The maximum absolute atomic E-state index is 6.78. The predicted molar refractivity (Wildman–Crippen MR) is 252 cm³/mol. The highest BCUT2D eigenvalue weighted by Gasteiger charge is 2.51. The smallest absolute Gasteiger partial charge is 0.133 e. The standard InChI is InChI=1S/C57H39NOSi/c1-3-15-39(16-4-1)40-29-31-43(32-30-40)58(44-33-35-48-42(37-44)28-27-41-17-7-8-20-47(41)48)45-34-36-56-52(38-45)57(49-21-9-12-24-53(49)59-54-25-13-10-22-50(54)57)51-23-11-14-26-55(51)60(56)46-18-5-2-6-19-46/h1-38,60H. The van der Waals surface area contributed by atoms with Crippen molar-refractivity contribution in [3.05, 3.63) is 253 Å². The van der Waals surface area contributed by atoms with Crippen LogP contribution in [0.2, 0.25) is 0 Å². The minimum Gasteiger partial charge on any atom is -0.457 e. The van der Waals surface area contributed by atoms with Crippen LogP contribution in [0.25, 0.3) is 32.7 Å². The average Bonchev–Trinajstić information content (AvgIpc) is 3.32. The monoisotopic (exact) mass is 781 g/mol. The van der Waals surface area contributed by atoms with E-state index in [0.717, 1.165) is 28.6 Å². The Labute approximate surface area is 351 Å². The number of rotatable bonds is 5. The maximum atomic E-state index is 6.78. The van der Waals surface area contributed by atoms with E-state index in [2.05, 4.69) is 235 Å². The summed E-state index contributed by atoms with van der Waals surface area (Å²) in [5, 5.41) is 9.28. The summed E-state index contributed by atoms with van der Waals surface area (Å²) in [7, 11) is -1.96. The first-order valence-corrected chi connectivity index (χ1v) is 22.5. The summed E-state index contributed by atoms with van der Waals surface area (Å²) in [6.45, 7) is 0. The van der Waals surface area contributed by atoms with Crippen LogP contribution in [0.4, 0.5) is 17.1 Å². The van der Waals surface area contributed by atoms with E-state index in [1.807, 2.05) is 0 Å². The summed E-state index contributed by atoms with van der Waals surface area (Å²) in [6.07, 6.45) is 0. The molecule has 0 aliphatic carbocycles. The van der Waals surface area contributed by atoms with Gasteiger partial charge in [-0.2, -0.15) is 0 Å². The molecule has 0 N–H and O–H groups in total. The Morgan fingerprint density at radius 1 is 0.350 bits per heavy atom. The molecule has 60 heavy (non-hydrogen) atoms. The first-order chi connectivity index (χ1) is 29.8. The molecule has 10 aromatic carbocycles. The molecule has 10 aromatic rings. The predicted octanol–water partition coefficient (Wildman–Crippen LogP) is 12.2. The molecule has 2 aliphatic heterocycles. The Bertz CT molecular complexity index is 3200. The van der Waals surface area contributed by atoms with E-state index >= 15 is 0 Å². The van der Waals surface area contributed by atoms with Crippen LogP contribution in [0.5, 0.6) is 11.5 Å². The molecule has 0 saturated heterocycles. The van der Waals surface area contributed by atoms with Gasteiger partial charge in [0.2, 0.25) is 0 Å². The Morgan fingerprint density at radius 3 is 1.65 bits per heavy atom. The molecular formula is C57H39NOSi. The van der Waals surface area contributed by atoms with E-state index in [1.165, 1.54) is 70.5 Å². The van der Waals surface area contributed by atoms with Crippen LogP contribution in [0, 0.1) is 0 Å². The van der Waals surface area contributed by atoms with Gasteiger partial charge in [0, 0.05) is 28.2 Å². The first kappa shape index (κ1) is 34.6. The van der Waals surface area contributed by atoms with Crippen LogP contribution in [0.3, 0.4) is 0 Å². The fourth-order valence-electron chi connectivity index (χ4n) is 10.3. The second-order valence-electron chi connectivity index (χ2n) is 16.0. The Kier molecular flexibility index (Phi) is 7.97. The van der Waals surface area contributed by atoms with E-state index < -0.39 is 14.2 Å². The first-order valence-electron chi connectivity index (χ1n) is 20.8. The zero-order valence-corrected chi connectivity index (χ0v) is 34.0. The van der Waals surface area contributed by atoms with Crippen molar-refractivity contribution in [2.75, 3.05) is 4.90 Å². The van der Waals surface area contributed by atoms with Gasteiger partial charge < -0.3 is 9.64 Å². The molecule has 0 fully saturated rings. The van der Waals surface area contributed by atoms with Crippen molar-refractivity contribution in [1.82, 2.24) is 0 Å². The van der Waals surface area contributed by atoms with Crippen molar-refractivity contribution in [3.63, 3.8) is 0 Å². The van der Waals surface area contributed by atoms with Gasteiger partial charge in [-0.25, -0.2) is 0 Å². The number of hydrogen-bond acceptors (Lipinski definition) is 2. The third-order valence-corrected chi connectivity index (χ3v) is 16.1. The summed E-state index contributed by atoms with van der Waals surface area (Å²) in [5.74, 6) is 1.80. The van der Waals surface area contributed by atoms with E-state index in [0.29, 0.717) is 0 Å². The average molecular weight is 782 g/mol. The third-order valence-electron chi connectivity index (χ3n) is 12.8. The molecule has 1 unspecified atom stereocenters. The number of para-hydroxylation sites is 2. The summed E-state index contributed by atoms with van der Waals surface area (Å²) in [5.41, 5.74) is 10.1. The summed E-state index contributed by atoms with van der Waals surface area (Å²) in [6, 6.07) is 85.1. The van der Waals surface area contributed by atoms with Crippen LogP contribution in [-0.2, 0) is 5.41 Å². The lowest BCUT2D eigenvalue weighted by molar-refractivity contribution is 0.435. The second-order valence-corrected chi connectivity index (χ2v) is 18.8. The van der Waals surface area contributed by atoms with Crippen LogP contribution in [0.15, 0.2) is 231 Å². The van der Waals surface area contributed by atoms with Gasteiger partial charge in [0.05, 0.1) is 5.41 Å².